The SMILES string of the molecule is CC(C(=O)N(CCN)CCc1ccccc1)c1cccc(Cl)c1.Cl. The van der Waals surface area contributed by atoms with Gasteiger partial charge in [0.2, 0.25) is 5.91 Å². The molecule has 3 nitrogen and oxygen atoms in total. The van der Waals surface area contributed by atoms with Crippen LogP contribution >= 0.6 is 24.0 Å². The van der Waals surface area contributed by atoms with Crippen molar-refractivity contribution in [2.75, 3.05) is 19.6 Å². The van der Waals surface area contributed by atoms with E-state index in [0.29, 0.717) is 24.7 Å². The molecule has 2 aromatic rings. The number of hydrogen-bond donors (Lipinski definition) is 1. The molecule has 0 spiro atoms. The fourth-order valence-electron chi connectivity index (χ4n) is 2.59. The van der Waals surface area contributed by atoms with E-state index < -0.39 is 0 Å². The van der Waals surface area contributed by atoms with Gasteiger partial charge in [-0.25, -0.2) is 0 Å². The van der Waals surface area contributed by atoms with Crippen LogP contribution in [0.3, 0.4) is 0 Å². The van der Waals surface area contributed by atoms with Crippen molar-refractivity contribution < 1.29 is 4.79 Å². The van der Waals surface area contributed by atoms with Gasteiger partial charge < -0.3 is 10.6 Å². The summed E-state index contributed by atoms with van der Waals surface area (Å²) in [7, 11) is 0. The zero-order valence-electron chi connectivity index (χ0n) is 13.8. The van der Waals surface area contributed by atoms with Crippen LogP contribution in [0.5, 0.6) is 0 Å². The average Bonchev–Trinajstić information content (AvgIpc) is 2.58. The monoisotopic (exact) mass is 366 g/mol. The zero-order chi connectivity index (χ0) is 16.7. The van der Waals surface area contributed by atoms with Gasteiger partial charge in [-0.1, -0.05) is 54.1 Å². The molecule has 5 heteroatoms. The molecule has 0 radical (unpaired) electrons. The van der Waals surface area contributed by atoms with E-state index in [4.69, 9.17) is 17.3 Å². The van der Waals surface area contributed by atoms with E-state index in [1.807, 2.05) is 54.3 Å². The molecule has 0 aromatic heterocycles. The normalized spacial score (nSPS) is 11.5. The third-order valence-electron chi connectivity index (χ3n) is 3.94. The summed E-state index contributed by atoms with van der Waals surface area (Å²) in [6.45, 7) is 3.62. The number of benzene rings is 2. The van der Waals surface area contributed by atoms with Crippen LogP contribution in [0, 0.1) is 0 Å². The third kappa shape index (κ3) is 5.82. The Kier molecular flexibility index (Phi) is 8.83. The summed E-state index contributed by atoms with van der Waals surface area (Å²) in [4.78, 5) is 14.6. The third-order valence-corrected chi connectivity index (χ3v) is 4.18. The van der Waals surface area contributed by atoms with Gasteiger partial charge in [0.05, 0.1) is 5.92 Å². The minimum Gasteiger partial charge on any atom is -0.341 e. The van der Waals surface area contributed by atoms with Crippen LogP contribution in [0.2, 0.25) is 5.02 Å². The molecule has 0 saturated heterocycles. The van der Waals surface area contributed by atoms with Crippen molar-refractivity contribution in [3.8, 4) is 0 Å². The van der Waals surface area contributed by atoms with Gasteiger partial charge in [0.1, 0.15) is 0 Å². The van der Waals surface area contributed by atoms with Crippen molar-refractivity contribution in [2.24, 2.45) is 5.73 Å². The van der Waals surface area contributed by atoms with Crippen molar-refractivity contribution in [2.45, 2.75) is 19.3 Å². The van der Waals surface area contributed by atoms with E-state index in [0.717, 1.165) is 12.0 Å². The standard InChI is InChI=1S/C19H23ClN2O.ClH/c1-15(17-8-5-9-18(20)14-17)19(23)22(13-11-21)12-10-16-6-3-2-4-7-16;/h2-9,14-15H,10-13,21H2,1H3;1H. The Morgan fingerprint density at radius 1 is 1.12 bits per heavy atom. The Hall–Kier alpha value is -1.55. The number of rotatable bonds is 7. The Morgan fingerprint density at radius 2 is 1.83 bits per heavy atom. The summed E-state index contributed by atoms with van der Waals surface area (Å²) in [5.41, 5.74) is 7.84. The Balaban J connectivity index is 0.00000288. The second kappa shape index (κ2) is 10.3. The quantitative estimate of drug-likeness (QED) is 0.807. The van der Waals surface area contributed by atoms with Gasteiger partial charge in [-0.2, -0.15) is 0 Å². The molecule has 0 aliphatic rings. The average molecular weight is 367 g/mol. The predicted octanol–water partition coefficient (Wildman–Crippen LogP) is 3.90. The minimum absolute atomic E-state index is 0. The van der Waals surface area contributed by atoms with Crippen molar-refractivity contribution in [1.82, 2.24) is 4.90 Å². The van der Waals surface area contributed by atoms with Gasteiger partial charge in [0.15, 0.2) is 0 Å². The molecule has 1 unspecified atom stereocenters. The first-order chi connectivity index (χ1) is 11.1. The maximum absolute atomic E-state index is 12.8. The number of nitrogens with zero attached hydrogens (tertiary/aromatic N) is 1. The van der Waals surface area contributed by atoms with Crippen LogP contribution in [-0.2, 0) is 11.2 Å². The van der Waals surface area contributed by atoms with E-state index in [2.05, 4.69) is 12.1 Å². The first-order valence-corrected chi connectivity index (χ1v) is 8.28. The second-order valence-electron chi connectivity index (χ2n) is 5.63. The molecule has 0 bridgehead atoms. The van der Waals surface area contributed by atoms with Crippen LogP contribution in [-0.4, -0.2) is 30.4 Å². The highest BCUT2D eigenvalue weighted by Gasteiger charge is 2.21. The highest BCUT2D eigenvalue weighted by Crippen LogP contribution is 2.21. The number of amides is 1. The summed E-state index contributed by atoms with van der Waals surface area (Å²) in [5.74, 6) is -0.135. The number of carbonyl (C=O) groups is 1. The molecule has 0 aliphatic heterocycles. The molecule has 1 amide bonds. The molecular formula is C19H24Cl2N2O. The van der Waals surface area contributed by atoms with Gasteiger partial charge in [-0.3, -0.25) is 4.79 Å². The summed E-state index contributed by atoms with van der Waals surface area (Å²) < 4.78 is 0. The Labute approximate surface area is 155 Å². The molecule has 0 heterocycles. The van der Waals surface area contributed by atoms with Crippen LogP contribution in [0.25, 0.3) is 0 Å². The van der Waals surface area contributed by atoms with Gasteiger partial charge in [-0.15, -0.1) is 12.4 Å². The van der Waals surface area contributed by atoms with Gasteiger partial charge >= 0.3 is 0 Å². The van der Waals surface area contributed by atoms with Crippen LogP contribution in [0.15, 0.2) is 54.6 Å². The zero-order valence-corrected chi connectivity index (χ0v) is 15.4. The molecule has 1 atom stereocenters. The van der Waals surface area contributed by atoms with Gasteiger partial charge in [0.25, 0.3) is 0 Å². The lowest BCUT2D eigenvalue weighted by atomic mass is 9.99. The molecule has 2 aromatic carbocycles. The summed E-state index contributed by atoms with van der Waals surface area (Å²) >= 11 is 6.03. The van der Waals surface area contributed by atoms with Crippen LogP contribution in [0.4, 0.5) is 0 Å². The topological polar surface area (TPSA) is 46.3 Å². The first kappa shape index (κ1) is 20.5. The molecule has 2 rings (SSSR count). The van der Waals surface area contributed by atoms with E-state index in [1.165, 1.54) is 5.56 Å². The van der Waals surface area contributed by atoms with E-state index in [9.17, 15) is 4.79 Å². The van der Waals surface area contributed by atoms with E-state index in [-0.39, 0.29) is 24.2 Å². The fraction of sp³-hybridized carbons (Fsp3) is 0.316. The second-order valence-corrected chi connectivity index (χ2v) is 6.06. The van der Waals surface area contributed by atoms with Crippen molar-refractivity contribution in [1.29, 1.82) is 0 Å². The maximum Gasteiger partial charge on any atom is 0.229 e. The number of carbonyl (C=O) groups excluding carboxylic acids is 1. The highest BCUT2D eigenvalue weighted by molar-refractivity contribution is 6.30. The largest absolute Gasteiger partial charge is 0.341 e. The fourth-order valence-corrected chi connectivity index (χ4v) is 2.79. The molecule has 0 fully saturated rings. The van der Waals surface area contributed by atoms with Gasteiger partial charge in [0, 0.05) is 24.7 Å². The molecule has 0 saturated carbocycles. The molecule has 130 valence electrons. The lowest BCUT2D eigenvalue weighted by Crippen LogP contribution is -2.39. The smallest absolute Gasteiger partial charge is 0.229 e. The minimum atomic E-state index is -0.226. The first-order valence-electron chi connectivity index (χ1n) is 7.90. The van der Waals surface area contributed by atoms with Crippen molar-refractivity contribution >= 4 is 29.9 Å². The van der Waals surface area contributed by atoms with Crippen LogP contribution in [0.1, 0.15) is 24.0 Å². The lowest BCUT2D eigenvalue weighted by molar-refractivity contribution is -0.132. The number of hydrogen-bond acceptors (Lipinski definition) is 2. The Morgan fingerprint density at radius 3 is 2.46 bits per heavy atom. The summed E-state index contributed by atoms with van der Waals surface area (Å²) in [6, 6.07) is 17.6. The molecular weight excluding hydrogens is 343 g/mol. The van der Waals surface area contributed by atoms with Crippen molar-refractivity contribution in [3.63, 3.8) is 0 Å². The van der Waals surface area contributed by atoms with E-state index in [1.54, 1.807) is 0 Å². The number of nitrogens with two attached hydrogens (primary N) is 1. The molecule has 0 aliphatic carbocycles. The Bertz CT molecular complexity index is 634. The summed E-state index contributed by atoms with van der Waals surface area (Å²) in [5, 5.41) is 0.650. The molecule has 24 heavy (non-hydrogen) atoms. The van der Waals surface area contributed by atoms with Gasteiger partial charge in [-0.05, 0) is 36.6 Å². The highest BCUT2D eigenvalue weighted by atomic mass is 35.5. The van der Waals surface area contributed by atoms with Crippen LogP contribution < -0.4 is 5.73 Å². The van der Waals surface area contributed by atoms with Crippen molar-refractivity contribution in [3.05, 3.63) is 70.7 Å². The maximum atomic E-state index is 12.8. The molecule has 2 N–H and O–H groups in total. The summed E-state index contributed by atoms with van der Waals surface area (Å²) in [6.07, 6.45) is 0.828. The van der Waals surface area contributed by atoms with E-state index >= 15 is 0 Å². The lowest BCUT2D eigenvalue weighted by Gasteiger charge is -2.26. The predicted molar refractivity (Wildman–Crippen MR) is 103 cm³/mol. The number of halogens is 2.